The number of benzene rings is 1. The maximum absolute atomic E-state index is 13.5. The lowest BCUT2D eigenvalue weighted by Gasteiger charge is -2.11. The second-order valence-electron chi connectivity index (χ2n) is 5.31. The molecule has 0 aliphatic carbocycles. The standard InChI is InChI=1S/C17H15F2N3O2/c1-9-11(10(2)21-17(24)12(9)8-20)6-7-15(23)22-16-13(18)4-3-5-14(16)19/h3-5H,6-7H2,1-2H3,(H,21,24)(H,22,23). The Bertz CT molecular complexity index is 878. The van der Waals surface area contributed by atoms with E-state index in [1.54, 1.807) is 13.8 Å². The number of H-pyrrole nitrogens is 1. The number of nitrogens with one attached hydrogen (secondary N) is 2. The number of nitrogens with zero attached hydrogens (tertiary/aromatic N) is 1. The van der Waals surface area contributed by atoms with Crippen LogP contribution >= 0.6 is 0 Å². The monoisotopic (exact) mass is 331 g/mol. The lowest BCUT2D eigenvalue weighted by molar-refractivity contribution is -0.116. The Hall–Kier alpha value is -3.01. The van der Waals surface area contributed by atoms with Crippen LogP contribution in [0.2, 0.25) is 0 Å². The molecule has 1 aromatic heterocycles. The molecule has 0 aliphatic heterocycles. The number of amides is 1. The summed E-state index contributed by atoms with van der Waals surface area (Å²) in [5, 5.41) is 11.2. The van der Waals surface area contributed by atoms with Gasteiger partial charge in [0.05, 0.1) is 0 Å². The molecule has 5 nitrogen and oxygen atoms in total. The second kappa shape index (κ2) is 7.04. The van der Waals surface area contributed by atoms with Crippen molar-refractivity contribution in [3.8, 4) is 6.07 Å². The highest BCUT2D eigenvalue weighted by Crippen LogP contribution is 2.19. The molecular weight excluding hydrogens is 316 g/mol. The predicted octanol–water partition coefficient (Wildman–Crippen LogP) is 2.71. The maximum Gasteiger partial charge on any atom is 0.266 e. The number of halogens is 2. The van der Waals surface area contributed by atoms with Crippen LogP contribution in [0.15, 0.2) is 23.0 Å². The highest BCUT2D eigenvalue weighted by Gasteiger charge is 2.15. The third-order valence-corrected chi connectivity index (χ3v) is 3.75. The van der Waals surface area contributed by atoms with Crippen molar-refractivity contribution in [3.05, 3.63) is 62.6 Å². The maximum atomic E-state index is 13.5. The number of carbonyl (C=O) groups is 1. The van der Waals surface area contributed by atoms with Crippen LogP contribution in [0.4, 0.5) is 14.5 Å². The molecule has 0 fully saturated rings. The highest BCUT2D eigenvalue weighted by molar-refractivity contribution is 5.91. The van der Waals surface area contributed by atoms with E-state index in [1.807, 2.05) is 6.07 Å². The second-order valence-corrected chi connectivity index (χ2v) is 5.31. The molecule has 24 heavy (non-hydrogen) atoms. The van der Waals surface area contributed by atoms with Gasteiger partial charge in [-0.3, -0.25) is 9.59 Å². The molecule has 0 saturated carbocycles. The molecule has 0 aliphatic rings. The summed E-state index contributed by atoms with van der Waals surface area (Å²) in [5.41, 5.74) is 0.751. The smallest absolute Gasteiger partial charge is 0.266 e. The molecule has 0 unspecified atom stereocenters. The number of aromatic amines is 1. The summed E-state index contributed by atoms with van der Waals surface area (Å²) in [6.45, 7) is 3.30. The molecule has 2 aromatic rings. The van der Waals surface area contributed by atoms with Crippen molar-refractivity contribution in [1.29, 1.82) is 5.26 Å². The molecule has 7 heteroatoms. The number of aryl methyl sites for hydroxylation is 1. The van der Waals surface area contributed by atoms with Crippen LogP contribution in [0.25, 0.3) is 0 Å². The van der Waals surface area contributed by atoms with Crippen LogP contribution in [0.5, 0.6) is 0 Å². The zero-order chi connectivity index (χ0) is 17.9. The summed E-state index contributed by atoms with van der Waals surface area (Å²) in [4.78, 5) is 26.2. The van der Waals surface area contributed by atoms with E-state index in [-0.39, 0.29) is 18.4 Å². The lowest BCUT2D eigenvalue weighted by Crippen LogP contribution is -2.19. The zero-order valence-corrected chi connectivity index (χ0v) is 13.2. The molecule has 0 radical (unpaired) electrons. The van der Waals surface area contributed by atoms with Gasteiger partial charge in [0.25, 0.3) is 5.56 Å². The van der Waals surface area contributed by atoms with E-state index in [0.29, 0.717) is 16.8 Å². The topological polar surface area (TPSA) is 85.8 Å². The Balaban J connectivity index is 2.16. The van der Waals surface area contributed by atoms with E-state index in [1.165, 1.54) is 6.07 Å². The number of aromatic nitrogens is 1. The van der Waals surface area contributed by atoms with E-state index in [0.717, 1.165) is 12.1 Å². The van der Waals surface area contributed by atoms with Gasteiger partial charge in [-0.05, 0) is 43.5 Å². The van der Waals surface area contributed by atoms with Crippen LogP contribution < -0.4 is 10.9 Å². The molecule has 1 heterocycles. The SMILES string of the molecule is Cc1[nH]c(=O)c(C#N)c(C)c1CCC(=O)Nc1c(F)cccc1F. The van der Waals surface area contributed by atoms with E-state index in [2.05, 4.69) is 10.3 Å². The Morgan fingerprint density at radius 3 is 2.50 bits per heavy atom. The number of rotatable bonds is 4. The van der Waals surface area contributed by atoms with Gasteiger partial charge in [-0.25, -0.2) is 8.78 Å². The lowest BCUT2D eigenvalue weighted by atomic mass is 9.99. The largest absolute Gasteiger partial charge is 0.325 e. The first-order valence-electron chi connectivity index (χ1n) is 7.21. The first-order chi connectivity index (χ1) is 11.3. The Kier molecular flexibility index (Phi) is 5.09. The van der Waals surface area contributed by atoms with Gasteiger partial charge in [0.2, 0.25) is 5.91 Å². The number of para-hydroxylation sites is 1. The molecule has 1 aromatic carbocycles. The molecule has 124 valence electrons. The van der Waals surface area contributed by atoms with Crippen molar-refractivity contribution in [2.75, 3.05) is 5.32 Å². The number of carbonyl (C=O) groups excluding carboxylic acids is 1. The summed E-state index contributed by atoms with van der Waals surface area (Å²) in [6, 6.07) is 5.13. The van der Waals surface area contributed by atoms with Gasteiger partial charge >= 0.3 is 0 Å². The molecule has 1 amide bonds. The van der Waals surface area contributed by atoms with E-state index >= 15 is 0 Å². The van der Waals surface area contributed by atoms with E-state index in [9.17, 15) is 18.4 Å². The average molecular weight is 331 g/mol. The van der Waals surface area contributed by atoms with Gasteiger partial charge in [-0.15, -0.1) is 0 Å². The van der Waals surface area contributed by atoms with Gasteiger partial charge in [-0.2, -0.15) is 5.26 Å². The fraction of sp³-hybridized carbons (Fsp3) is 0.235. The van der Waals surface area contributed by atoms with Crippen molar-refractivity contribution in [1.82, 2.24) is 4.98 Å². The van der Waals surface area contributed by atoms with Crippen molar-refractivity contribution in [3.63, 3.8) is 0 Å². The molecule has 0 bridgehead atoms. The third kappa shape index (κ3) is 3.49. The third-order valence-electron chi connectivity index (χ3n) is 3.75. The fourth-order valence-electron chi connectivity index (χ4n) is 2.48. The van der Waals surface area contributed by atoms with Crippen molar-refractivity contribution in [2.45, 2.75) is 26.7 Å². The summed E-state index contributed by atoms with van der Waals surface area (Å²) in [7, 11) is 0. The van der Waals surface area contributed by atoms with E-state index in [4.69, 9.17) is 5.26 Å². The minimum Gasteiger partial charge on any atom is -0.325 e. The fourth-order valence-corrected chi connectivity index (χ4v) is 2.48. The minimum absolute atomic E-state index is 0.00356. The molecule has 0 saturated heterocycles. The highest BCUT2D eigenvalue weighted by atomic mass is 19.1. The van der Waals surface area contributed by atoms with Crippen molar-refractivity contribution < 1.29 is 13.6 Å². The normalized spacial score (nSPS) is 10.3. The first kappa shape index (κ1) is 17.3. The number of hydrogen-bond donors (Lipinski definition) is 2. The number of anilines is 1. The Labute approximate surface area is 136 Å². The van der Waals surface area contributed by atoms with Crippen LogP contribution in [0.3, 0.4) is 0 Å². The molecule has 2 N–H and O–H groups in total. The van der Waals surface area contributed by atoms with E-state index < -0.39 is 28.8 Å². The van der Waals surface area contributed by atoms with Crippen LogP contribution in [-0.2, 0) is 11.2 Å². The van der Waals surface area contributed by atoms with Gasteiger partial charge in [-0.1, -0.05) is 6.07 Å². The Morgan fingerprint density at radius 2 is 1.92 bits per heavy atom. The molecule has 0 spiro atoms. The molecular formula is C17H15F2N3O2. The molecule has 2 rings (SSSR count). The van der Waals surface area contributed by atoms with Gasteiger partial charge in [0.15, 0.2) is 0 Å². The minimum atomic E-state index is -0.855. The van der Waals surface area contributed by atoms with Gasteiger partial charge in [0.1, 0.15) is 29.0 Å². The number of hydrogen-bond acceptors (Lipinski definition) is 3. The van der Waals surface area contributed by atoms with Gasteiger partial charge in [0, 0.05) is 12.1 Å². The Morgan fingerprint density at radius 1 is 1.29 bits per heavy atom. The quantitative estimate of drug-likeness (QED) is 0.903. The van der Waals surface area contributed by atoms with Crippen LogP contribution in [0, 0.1) is 36.8 Å². The number of pyridine rings is 1. The summed E-state index contributed by atoms with van der Waals surface area (Å²) in [5.74, 6) is -2.28. The van der Waals surface area contributed by atoms with Crippen LogP contribution in [-0.4, -0.2) is 10.9 Å². The van der Waals surface area contributed by atoms with Crippen LogP contribution in [0.1, 0.15) is 28.8 Å². The van der Waals surface area contributed by atoms with Gasteiger partial charge < -0.3 is 10.3 Å². The molecule has 0 atom stereocenters. The average Bonchev–Trinajstić information content (AvgIpc) is 2.51. The summed E-state index contributed by atoms with van der Waals surface area (Å²) >= 11 is 0. The van der Waals surface area contributed by atoms with Crippen molar-refractivity contribution in [2.24, 2.45) is 0 Å². The predicted molar refractivity (Wildman–Crippen MR) is 84.6 cm³/mol. The first-order valence-corrected chi connectivity index (χ1v) is 7.21. The summed E-state index contributed by atoms with van der Waals surface area (Å²) < 4.78 is 27.0. The zero-order valence-electron chi connectivity index (χ0n) is 13.2. The number of nitriles is 1. The van der Waals surface area contributed by atoms with Crippen molar-refractivity contribution >= 4 is 11.6 Å². The summed E-state index contributed by atoms with van der Waals surface area (Å²) in [6.07, 6.45) is 0.178.